The summed E-state index contributed by atoms with van der Waals surface area (Å²) in [6.45, 7) is 3.45. The number of carboxylic acids is 1. The molecule has 0 bridgehead atoms. The number of urea groups is 1. The number of carbonyl (C=O) groups excluding carboxylic acids is 1. The van der Waals surface area contributed by atoms with E-state index in [2.05, 4.69) is 11.9 Å². The normalized spacial score (nSPS) is 24.9. The van der Waals surface area contributed by atoms with Crippen LogP contribution in [0.3, 0.4) is 0 Å². The van der Waals surface area contributed by atoms with E-state index in [0.29, 0.717) is 18.9 Å². The molecule has 2 aliphatic rings. The molecule has 120 valence electrons. The van der Waals surface area contributed by atoms with Crippen LogP contribution in [0, 0.1) is 5.92 Å². The largest absolute Gasteiger partial charge is 0.480 e. The number of hydrogen-bond acceptors (Lipinski definition) is 3. The lowest BCUT2D eigenvalue weighted by molar-refractivity contribution is -0.143. The Morgan fingerprint density at radius 1 is 1.14 bits per heavy atom. The van der Waals surface area contributed by atoms with Gasteiger partial charge in [0.2, 0.25) is 0 Å². The molecule has 0 saturated carbocycles. The van der Waals surface area contributed by atoms with E-state index in [1.807, 2.05) is 0 Å². The molecular weight excluding hydrogens is 270 g/mol. The molecule has 2 saturated heterocycles. The van der Waals surface area contributed by atoms with Crippen LogP contribution >= 0.6 is 0 Å². The molecule has 2 aliphatic heterocycles. The summed E-state index contributed by atoms with van der Waals surface area (Å²) in [7, 11) is 3.92. The summed E-state index contributed by atoms with van der Waals surface area (Å²) in [4.78, 5) is 29.4. The monoisotopic (exact) mass is 297 g/mol. The molecule has 2 rings (SSSR count). The predicted molar refractivity (Wildman–Crippen MR) is 80.2 cm³/mol. The van der Waals surface area contributed by atoms with Crippen molar-refractivity contribution in [2.24, 2.45) is 5.92 Å². The highest BCUT2D eigenvalue weighted by atomic mass is 16.4. The van der Waals surface area contributed by atoms with Crippen molar-refractivity contribution in [1.29, 1.82) is 0 Å². The van der Waals surface area contributed by atoms with E-state index in [4.69, 9.17) is 0 Å². The zero-order valence-electron chi connectivity index (χ0n) is 13.1. The van der Waals surface area contributed by atoms with Gasteiger partial charge in [0.15, 0.2) is 0 Å². The highest BCUT2D eigenvalue weighted by molar-refractivity contribution is 5.82. The van der Waals surface area contributed by atoms with Crippen LogP contribution in [0.5, 0.6) is 0 Å². The maximum Gasteiger partial charge on any atom is 0.326 e. The van der Waals surface area contributed by atoms with Crippen molar-refractivity contribution in [3.63, 3.8) is 0 Å². The minimum absolute atomic E-state index is 0.124. The molecule has 2 fully saturated rings. The fourth-order valence-corrected chi connectivity index (χ4v) is 3.35. The molecule has 1 N–H and O–H groups in total. The number of carboxylic acid groups (broad SMARTS) is 1. The van der Waals surface area contributed by atoms with Crippen LogP contribution in [0.15, 0.2) is 0 Å². The Balaban J connectivity index is 1.90. The predicted octanol–water partition coefficient (Wildman–Crippen LogP) is 1.32. The quantitative estimate of drug-likeness (QED) is 0.853. The number of rotatable bonds is 3. The van der Waals surface area contributed by atoms with E-state index in [1.165, 1.54) is 0 Å². The molecule has 1 atom stereocenters. The van der Waals surface area contributed by atoms with Crippen LogP contribution in [-0.4, -0.2) is 78.1 Å². The summed E-state index contributed by atoms with van der Waals surface area (Å²) >= 11 is 0. The first-order valence-corrected chi connectivity index (χ1v) is 7.92. The van der Waals surface area contributed by atoms with Crippen molar-refractivity contribution in [3.05, 3.63) is 0 Å². The Kier molecular flexibility index (Phi) is 5.45. The number of piperidine rings is 2. The fraction of sp³-hybridized carbons (Fsp3) is 0.867. The second-order valence-corrected chi connectivity index (χ2v) is 6.45. The van der Waals surface area contributed by atoms with Gasteiger partial charge >= 0.3 is 12.0 Å². The lowest BCUT2D eigenvalue weighted by Crippen LogP contribution is -2.53. The molecular formula is C15H27N3O3. The molecule has 6 nitrogen and oxygen atoms in total. The summed E-state index contributed by atoms with van der Waals surface area (Å²) in [6, 6.07) is -0.771. The summed E-state index contributed by atoms with van der Waals surface area (Å²) in [5.41, 5.74) is 0. The van der Waals surface area contributed by atoms with Crippen molar-refractivity contribution < 1.29 is 14.7 Å². The van der Waals surface area contributed by atoms with Gasteiger partial charge in [0.1, 0.15) is 6.04 Å². The number of amides is 2. The van der Waals surface area contributed by atoms with E-state index in [9.17, 15) is 14.7 Å². The van der Waals surface area contributed by atoms with Crippen molar-refractivity contribution in [2.75, 3.05) is 40.3 Å². The molecule has 0 radical (unpaired) electrons. The smallest absolute Gasteiger partial charge is 0.326 e. The SMILES string of the molecule is CN1CCC(CN(C)C(=O)N2CCCCC2C(=O)O)CC1. The maximum absolute atomic E-state index is 12.5. The number of hydrogen-bond donors (Lipinski definition) is 1. The van der Waals surface area contributed by atoms with Crippen LogP contribution in [0.25, 0.3) is 0 Å². The number of carbonyl (C=O) groups is 2. The van der Waals surface area contributed by atoms with E-state index in [0.717, 1.165) is 45.3 Å². The molecule has 0 aromatic carbocycles. The average molecular weight is 297 g/mol. The summed E-state index contributed by atoms with van der Waals surface area (Å²) in [6.07, 6.45) is 4.58. The van der Waals surface area contributed by atoms with Crippen LogP contribution < -0.4 is 0 Å². The topological polar surface area (TPSA) is 64.1 Å². The highest BCUT2D eigenvalue weighted by Crippen LogP contribution is 2.21. The van der Waals surface area contributed by atoms with E-state index >= 15 is 0 Å². The van der Waals surface area contributed by atoms with Crippen LogP contribution in [0.1, 0.15) is 32.1 Å². The minimum atomic E-state index is -0.879. The minimum Gasteiger partial charge on any atom is -0.480 e. The van der Waals surface area contributed by atoms with Gasteiger partial charge in [-0.3, -0.25) is 0 Å². The third-order valence-electron chi connectivity index (χ3n) is 4.73. The van der Waals surface area contributed by atoms with Gasteiger partial charge in [-0.1, -0.05) is 0 Å². The molecule has 2 amide bonds. The van der Waals surface area contributed by atoms with Gasteiger partial charge in [0.25, 0.3) is 0 Å². The van der Waals surface area contributed by atoms with Crippen molar-refractivity contribution in [2.45, 2.75) is 38.1 Å². The molecule has 2 heterocycles. The third-order valence-corrected chi connectivity index (χ3v) is 4.73. The molecule has 0 aromatic heterocycles. The van der Waals surface area contributed by atoms with Crippen LogP contribution in [0.2, 0.25) is 0 Å². The van der Waals surface area contributed by atoms with Crippen molar-refractivity contribution >= 4 is 12.0 Å². The van der Waals surface area contributed by atoms with Gasteiger partial charge in [0, 0.05) is 20.1 Å². The summed E-state index contributed by atoms with van der Waals surface area (Å²) in [5.74, 6) is -0.348. The van der Waals surface area contributed by atoms with Gasteiger partial charge in [0.05, 0.1) is 0 Å². The van der Waals surface area contributed by atoms with Gasteiger partial charge in [-0.05, 0) is 58.2 Å². The Morgan fingerprint density at radius 3 is 2.43 bits per heavy atom. The van der Waals surface area contributed by atoms with Gasteiger partial charge in [-0.25, -0.2) is 9.59 Å². The van der Waals surface area contributed by atoms with E-state index < -0.39 is 12.0 Å². The van der Waals surface area contributed by atoms with Crippen LogP contribution in [-0.2, 0) is 4.79 Å². The van der Waals surface area contributed by atoms with Crippen LogP contribution in [0.4, 0.5) is 4.79 Å². The lowest BCUT2D eigenvalue weighted by atomic mass is 9.96. The average Bonchev–Trinajstić information content (AvgIpc) is 2.48. The molecule has 0 aromatic rings. The number of likely N-dealkylation sites (tertiary alicyclic amines) is 2. The molecule has 0 aliphatic carbocycles. The van der Waals surface area contributed by atoms with Crippen molar-refractivity contribution in [1.82, 2.24) is 14.7 Å². The molecule has 6 heteroatoms. The highest BCUT2D eigenvalue weighted by Gasteiger charge is 2.34. The third kappa shape index (κ3) is 4.09. The van der Waals surface area contributed by atoms with E-state index in [1.54, 1.807) is 16.8 Å². The maximum atomic E-state index is 12.5. The Morgan fingerprint density at radius 2 is 1.81 bits per heavy atom. The van der Waals surface area contributed by atoms with Gasteiger partial charge < -0.3 is 19.8 Å². The molecule has 21 heavy (non-hydrogen) atoms. The summed E-state index contributed by atoms with van der Waals surface area (Å²) in [5, 5.41) is 9.27. The Bertz CT molecular complexity index is 380. The Hall–Kier alpha value is -1.30. The zero-order chi connectivity index (χ0) is 15.4. The number of nitrogens with zero attached hydrogens (tertiary/aromatic N) is 3. The second-order valence-electron chi connectivity index (χ2n) is 6.45. The van der Waals surface area contributed by atoms with Gasteiger partial charge in [-0.2, -0.15) is 0 Å². The zero-order valence-corrected chi connectivity index (χ0v) is 13.1. The van der Waals surface area contributed by atoms with E-state index in [-0.39, 0.29) is 6.03 Å². The first-order valence-electron chi connectivity index (χ1n) is 7.92. The van der Waals surface area contributed by atoms with Crippen molar-refractivity contribution in [3.8, 4) is 0 Å². The number of aliphatic carboxylic acids is 1. The van der Waals surface area contributed by atoms with Gasteiger partial charge in [-0.15, -0.1) is 0 Å². The lowest BCUT2D eigenvalue weighted by Gasteiger charge is -2.37. The fourth-order valence-electron chi connectivity index (χ4n) is 3.35. The molecule has 1 unspecified atom stereocenters. The first kappa shape index (κ1) is 16.1. The molecule has 0 spiro atoms. The summed E-state index contributed by atoms with van der Waals surface area (Å²) < 4.78 is 0. The standard InChI is InChI=1S/C15H27N3O3/c1-16-9-6-12(7-10-16)11-17(2)15(21)18-8-4-3-5-13(18)14(19)20/h12-13H,3-11H2,1-2H3,(H,19,20). The first-order chi connectivity index (χ1) is 9.99. The second kappa shape index (κ2) is 7.11. The Labute approximate surface area is 126 Å².